The van der Waals surface area contributed by atoms with E-state index in [0.29, 0.717) is 10.6 Å². The maximum absolute atomic E-state index is 13.5. The average Bonchev–Trinajstić information content (AvgIpc) is 2.79. The first-order valence-electron chi connectivity index (χ1n) is 9.78. The molecule has 2 aromatic carbocycles. The Bertz CT molecular complexity index is 930. The van der Waals surface area contributed by atoms with Gasteiger partial charge >= 0.3 is 0 Å². The number of hydrogen-bond acceptors (Lipinski definition) is 4. The molecule has 152 valence electrons. The second kappa shape index (κ2) is 8.56. The molecule has 0 aromatic heterocycles. The molecule has 0 spiro atoms. The van der Waals surface area contributed by atoms with Gasteiger partial charge in [0.1, 0.15) is 5.75 Å². The van der Waals surface area contributed by atoms with Crippen molar-refractivity contribution in [1.82, 2.24) is 5.32 Å². The number of rotatable bonds is 6. The Balaban J connectivity index is 2.25. The van der Waals surface area contributed by atoms with Gasteiger partial charge in [-0.05, 0) is 46.0 Å². The van der Waals surface area contributed by atoms with E-state index in [2.05, 4.69) is 47.2 Å². The third kappa shape index (κ3) is 4.14. The molecule has 0 fully saturated rings. The van der Waals surface area contributed by atoms with Crippen LogP contribution in [0.15, 0.2) is 51.8 Å². The molecule has 2 aromatic rings. The molecule has 0 radical (unpaired) electrons. The summed E-state index contributed by atoms with van der Waals surface area (Å²) >= 11 is 3.54. The molecule has 2 atom stereocenters. The Morgan fingerprint density at radius 3 is 2.54 bits per heavy atom. The highest BCUT2D eigenvalue weighted by Gasteiger charge is 2.42. The van der Waals surface area contributed by atoms with E-state index in [4.69, 9.17) is 4.74 Å². The number of halogens is 1. The van der Waals surface area contributed by atoms with E-state index >= 15 is 0 Å². The normalized spacial score (nSPS) is 23.6. The van der Waals surface area contributed by atoms with E-state index in [-0.39, 0.29) is 11.8 Å². The van der Waals surface area contributed by atoms with Gasteiger partial charge in [0.15, 0.2) is 9.84 Å². The molecule has 0 aliphatic carbocycles. The van der Waals surface area contributed by atoms with Crippen LogP contribution in [0.4, 0.5) is 0 Å². The highest BCUT2D eigenvalue weighted by atomic mass is 79.9. The highest BCUT2D eigenvalue weighted by molar-refractivity contribution is 9.10. The lowest BCUT2D eigenvalue weighted by atomic mass is 9.88. The van der Waals surface area contributed by atoms with E-state index < -0.39 is 15.4 Å². The van der Waals surface area contributed by atoms with Gasteiger partial charge in [-0.2, -0.15) is 0 Å². The zero-order valence-electron chi connectivity index (χ0n) is 16.7. The molecular formula is C22H28BrNO3S. The minimum absolute atomic E-state index is 0.0949. The van der Waals surface area contributed by atoms with Gasteiger partial charge in [0.05, 0.1) is 28.3 Å². The Kier molecular flexibility index (Phi) is 6.52. The van der Waals surface area contributed by atoms with Gasteiger partial charge in [0.25, 0.3) is 0 Å². The van der Waals surface area contributed by atoms with Crippen LogP contribution in [0, 0.1) is 0 Å². The minimum atomic E-state index is -3.48. The fourth-order valence-electron chi connectivity index (χ4n) is 4.02. The number of methoxy groups -OCH3 is 1. The third-order valence-corrected chi connectivity index (χ3v) is 8.24. The molecule has 1 aliphatic rings. The van der Waals surface area contributed by atoms with Gasteiger partial charge in [-0.15, -0.1) is 0 Å². The predicted octanol–water partition coefficient (Wildman–Crippen LogP) is 5.26. The largest absolute Gasteiger partial charge is 0.496 e. The van der Waals surface area contributed by atoms with Crippen LogP contribution in [0.5, 0.6) is 5.75 Å². The topological polar surface area (TPSA) is 55.4 Å². The predicted molar refractivity (Wildman–Crippen MR) is 117 cm³/mol. The SMILES string of the molecule is CCCCC1(CC)CS(=O)(=O)c2cc(OC)c(Br)cc2C(c2ccccc2)N1. The highest BCUT2D eigenvalue weighted by Crippen LogP contribution is 2.41. The standard InChI is InChI=1S/C22H28BrNO3S/c1-4-6-12-22(5-2)15-28(25,26)20-14-19(27-3)18(23)13-17(20)21(24-22)16-10-8-7-9-11-16/h7-11,13-14,21,24H,4-6,12,15H2,1-3H3. The lowest BCUT2D eigenvalue weighted by Gasteiger charge is -2.36. The Labute approximate surface area is 176 Å². The second-order valence-electron chi connectivity index (χ2n) is 7.51. The number of unbranched alkanes of at least 4 members (excludes halogenated alkanes) is 1. The summed E-state index contributed by atoms with van der Waals surface area (Å²) in [5, 5.41) is 3.77. The van der Waals surface area contributed by atoms with Crippen LogP contribution in [-0.2, 0) is 9.84 Å². The Morgan fingerprint density at radius 1 is 1.21 bits per heavy atom. The van der Waals surface area contributed by atoms with Crippen molar-refractivity contribution in [3.05, 3.63) is 58.1 Å². The van der Waals surface area contributed by atoms with Crippen molar-refractivity contribution in [2.45, 2.75) is 56.0 Å². The monoisotopic (exact) mass is 465 g/mol. The molecule has 1 N–H and O–H groups in total. The van der Waals surface area contributed by atoms with Crippen molar-refractivity contribution in [2.75, 3.05) is 12.9 Å². The van der Waals surface area contributed by atoms with Crippen molar-refractivity contribution in [1.29, 1.82) is 0 Å². The molecule has 4 nitrogen and oxygen atoms in total. The summed E-state index contributed by atoms with van der Waals surface area (Å²) in [7, 11) is -1.93. The first-order chi connectivity index (χ1) is 13.4. The molecule has 1 heterocycles. The molecule has 28 heavy (non-hydrogen) atoms. The molecule has 3 rings (SSSR count). The van der Waals surface area contributed by atoms with Gasteiger partial charge in [0.2, 0.25) is 0 Å². The molecule has 0 bridgehead atoms. The van der Waals surface area contributed by atoms with E-state index in [0.717, 1.165) is 41.3 Å². The average molecular weight is 466 g/mol. The number of benzene rings is 2. The van der Waals surface area contributed by atoms with Crippen LogP contribution >= 0.6 is 15.9 Å². The van der Waals surface area contributed by atoms with E-state index in [1.54, 1.807) is 13.2 Å². The summed E-state index contributed by atoms with van der Waals surface area (Å²) in [4.78, 5) is 0.362. The fraction of sp³-hybridized carbons (Fsp3) is 0.455. The molecule has 0 amide bonds. The summed E-state index contributed by atoms with van der Waals surface area (Å²) in [6.45, 7) is 4.21. The zero-order valence-corrected chi connectivity index (χ0v) is 19.1. The van der Waals surface area contributed by atoms with E-state index in [1.807, 2.05) is 24.3 Å². The third-order valence-electron chi connectivity index (χ3n) is 5.67. The number of ether oxygens (including phenoxy) is 1. The van der Waals surface area contributed by atoms with Crippen molar-refractivity contribution >= 4 is 25.8 Å². The van der Waals surface area contributed by atoms with Crippen LogP contribution < -0.4 is 10.1 Å². The van der Waals surface area contributed by atoms with Crippen LogP contribution in [0.3, 0.4) is 0 Å². The summed E-state index contributed by atoms with van der Waals surface area (Å²) in [5.74, 6) is 0.629. The van der Waals surface area contributed by atoms with E-state index in [9.17, 15) is 8.42 Å². The number of hydrogen-bond donors (Lipinski definition) is 1. The summed E-state index contributed by atoms with van der Waals surface area (Å²) in [6, 6.07) is 13.4. The lowest BCUT2D eigenvalue weighted by Crippen LogP contribution is -2.50. The summed E-state index contributed by atoms with van der Waals surface area (Å²) in [5.41, 5.74) is 1.37. The second-order valence-corrected chi connectivity index (χ2v) is 10.3. The van der Waals surface area contributed by atoms with Gasteiger partial charge < -0.3 is 4.74 Å². The van der Waals surface area contributed by atoms with Gasteiger partial charge in [0, 0.05) is 11.6 Å². The maximum Gasteiger partial charge on any atom is 0.180 e. The summed E-state index contributed by atoms with van der Waals surface area (Å²) < 4.78 is 33.1. The van der Waals surface area contributed by atoms with Crippen molar-refractivity contribution in [3.63, 3.8) is 0 Å². The maximum atomic E-state index is 13.5. The Hall–Kier alpha value is -1.37. The number of nitrogens with one attached hydrogen (secondary N) is 1. The smallest absolute Gasteiger partial charge is 0.180 e. The molecule has 0 saturated heterocycles. The fourth-order valence-corrected chi connectivity index (χ4v) is 6.68. The van der Waals surface area contributed by atoms with Gasteiger partial charge in [-0.1, -0.05) is 57.0 Å². The number of sulfone groups is 1. The van der Waals surface area contributed by atoms with Crippen molar-refractivity contribution < 1.29 is 13.2 Å². The van der Waals surface area contributed by atoms with Gasteiger partial charge in [-0.25, -0.2) is 8.42 Å². The van der Waals surface area contributed by atoms with Crippen LogP contribution in [0.2, 0.25) is 0 Å². The van der Waals surface area contributed by atoms with Crippen molar-refractivity contribution in [2.24, 2.45) is 0 Å². The molecule has 6 heteroatoms. The minimum Gasteiger partial charge on any atom is -0.496 e. The molecule has 0 saturated carbocycles. The van der Waals surface area contributed by atoms with Crippen molar-refractivity contribution in [3.8, 4) is 5.75 Å². The molecule has 1 aliphatic heterocycles. The Morgan fingerprint density at radius 2 is 1.93 bits per heavy atom. The lowest BCUT2D eigenvalue weighted by molar-refractivity contribution is 0.295. The first kappa shape index (κ1) is 21.3. The van der Waals surface area contributed by atoms with Crippen LogP contribution in [0.1, 0.15) is 56.7 Å². The van der Waals surface area contributed by atoms with Crippen LogP contribution in [-0.4, -0.2) is 26.8 Å². The summed E-state index contributed by atoms with van der Waals surface area (Å²) in [6.07, 6.45) is 3.60. The van der Waals surface area contributed by atoms with Gasteiger partial charge in [-0.3, -0.25) is 5.32 Å². The first-order valence-corrected chi connectivity index (χ1v) is 12.2. The number of fused-ring (bicyclic) bond motifs is 1. The molecular weight excluding hydrogens is 438 g/mol. The molecule has 2 unspecified atom stereocenters. The van der Waals surface area contributed by atoms with E-state index in [1.165, 1.54) is 0 Å². The zero-order chi connectivity index (χ0) is 20.4. The van der Waals surface area contributed by atoms with Crippen LogP contribution in [0.25, 0.3) is 0 Å². The quantitative estimate of drug-likeness (QED) is 0.631.